The zero-order valence-electron chi connectivity index (χ0n) is 16.0. The molecule has 132 valence electrons. The summed E-state index contributed by atoms with van der Waals surface area (Å²) in [6.45, 7) is 10.1. The molecule has 0 bridgehead atoms. The van der Waals surface area contributed by atoms with Crippen molar-refractivity contribution in [1.82, 2.24) is 0 Å². The second-order valence-corrected chi connectivity index (χ2v) is 19.8. The van der Waals surface area contributed by atoms with Crippen LogP contribution in [0.4, 0.5) is 0 Å². The molecule has 1 fully saturated rings. The van der Waals surface area contributed by atoms with Crippen LogP contribution in [0, 0.1) is 0 Å². The average Bonchev–Trinajstić information content (AvgIpc) is 3.38. The first-order valence-electron chi connectivity index (χ1n) is 9.32. The molecule has 0 radical (unpaired) electrons. The average molecular weight is 383 g/mol. The van der Waals surface area contributed by atoms with Crippen LogP contribution in [-0.4, -0.2) is 20.5 Å². The molecular formula is C22H30SSi2. The minimum absolute atomic E-state index is 0.517. The predicted octanol–water partition coefficient (Wildman–Crippen LogP) is 6.27. The quantitative estimate of drug-likeness (QED) is 0.508. The fourth-order valence-corrected chi connectivity index (χ4v) is 10.9. The monoisotopic (exact) mass is 382 g/mol. The summed E-state index contributed by atoms with van der Waals surface area (Å²) in [5.74, 6) is 0. The molecule has 0 aromatic heterocycles. The van der Waals surface area contributed by atoms with Gasteiger partial charge in [-0.3, -0.25) is 0 Å². The van der Waals surface area contributed by atoms with Gasteiger partial charge in [0, 0.05) is 9.27 Å². The lowest BCUT2D eigenvalue weighted by Gasteiger charge is -2.30. The highest BCUT2D eigenvalue weighted by Crippen LogP contribution is 2.57. The van der Waals surface area contributed by atoms with E-state index in [9.17, 15) is 0 Å². The van der Waals surface area contributed by atoms with E-state index >= 15 is 0 Å². The van der Waals surface area contributed by atoms with E-state index in [0.29, 0.717) is 4.37 Å². The molecule has 1 aliphatic carbocycles. The van der Waals surface area contributed by atoms with E-state index in [0.717, 1.165) is 0 Å². The number of allylic oxidation sites excluding steroid dienone is 1. The normalized spacial score (nSPS) is 17.0. The van der Waals surface area contributed by atoms with Gasteiger partial charge in [0.05, 0.1) is 16.1 Å². The third kappa shape index (κ3) is 4.39. The van der Waals surface area contributed by atoms with Crippen molar-refractivity contribution in [3.05, 3.63) is 72.4 Å². The van der Waals surface area contributed by atoms with Crippen LogP contribution in [0.3, 0.4) is 0 Å². The summed E-state index contributed by atoms with van der Waals surface area (Å²) in [4.78, 5) is 1.44. The first-order chi connectivity index (χ1) is 11.8. The van der Waals surface area contributed by atoms with Crippen LogP contribution in [-0.2, 0) is 0 Å². The van der Waals surface area contributed by atoms with E-state index in [4.69, 9.17) is 0 Å². The van der Waals surface area contributed by atoms with Gasteiger partial charge < -0.3 is 0 Å². The lowest BCUT2D eigenvalue weighted by atomic mass is 10.4. The molecule has 3 heteroatoms. The maximum Gasteiger partial charge on any atom is 0.0888 e. The van der Waals surface area contributed by atoms with Crippen molar-refractivity contribution in [3.8, 4) is 0 Å². The Hall–Kier alpha value is -1.04. The van der Waals surface area contributed by atoms with Crippen LogP contribution in [0.1, 0.15) is 12.8 Å². The molecule has 1 saturated carbocycles. The Balaban J connectivity index is 1.68. The molecule has 0 nitrogen and oxygen atoms in total. The Kier molecular flexibility index (Phi) is 5.47. The van der Waals surface area contributed by atoms with Gasteiger partial charge in [0.25, 0.3) is 0 Å². The topological polar surface area (TPSA) is 0 Å². The minimum atomic E-state index is -1.40. The maximum absolute atomic E-state index is 2.65. The molecule has 1 aliphatic rings. The second-order valence-electron chi connectivity index (χ2n) is 8.49. The zero-order valence-corrected chi connectivity index (χ0v) is 18.8. The van der Waals surface area contributed by atoms with Gasteiger partial charge in [0.2, 0.25) is 0 Å². The van der Waals surface area contributed by atoms with Crippen LogP contribution >= 0.6 is 11.8 Å². The number of hydrogen-bond donors (Lipinski definition) is 0. The molecule has 2 aromatic rings. The van der Waals surface area contributed by atoms with Crippen molar-refractivity contribution in [1.29, 1.82) is 0 Å². The van der Waals surface area contributed by atoms with Gasteiger partial charge in [-0.1, -0.05) is 91.7 Å². The standard InChI is InChI=1S/C22H30SSi2/c1-24(2,21-14-9-6-10-15-21)18-11-19-25(3,4)22(16-17-22)23-20-12-7-5-8-13-20/h5-15,19H,16-18H2,1-4H3/b19-11+. The van der Waals surface area contributed by atoms with Gasteiger partial charge in [-0.05, 0) is 31.0 Å². The van der Waals surface area contributed by atoms with Crippen molar-refractivity contribution in [2.24, 2.45) is 0 Å². The summed E-state index contributed by atoms with van der Waals surface area (Å²) in [6, 6.07) is 23.3. The summed E-state index contributed by atoms with van der Waals surface area (Å²) in [6.07, 6.45) is 5.31. The van der Waals surface area contributed by atoms with E-state index < -0.39 is 16.1 Å². The highest BCUT2D eigenvalue weighted by atomic mass is 32.2. The molecule has 0 spiro atoms. The van der Waals surface area contributed by atoms with Crippen molar-refractivity contribution < 1.29 is 0 Å². The Labute approximate surface area is 159 Å². The molecule has 0 aliphatic heterocycles. The molecular weight excluding hydrogens is 352 g/mol. The third-order valence-electron chi connectivity index (χ3n) is 5.65. The summed E-state index contributed by atoms with van der Waals surface area (Å²) in [7, 11) is -2.76. The smallest absolute Gasteiger partial charge is 0.0888 e. The van der Waals surface area contributed by atoms with Gasteiger partial charge in [-0.15, -0.1) is 11.8 Å². The summed E-state index contributed by atoms with van der Waals surface area (Å²) in [5.41, 5.74) is 2.65. The van der Waals surface area contributed by atoms with Crippen LogP contribution in [0.2, 0.25) is 32.2 Å². The van der Waals surface area contributed by atoms with E-state index in [1.54, 1.807) is 5.19 Å². The Morgan fingerprint density at radius 1 is 0.880 bits per heavy atom. The van der Waals surface area contributed by atoms with Gasteiger partial charge in [-0.2, -0.15) is 0 Å². The Morgan fingerprint density at radius 2 is 1.44 bits per heavy atom. The largest absolute Gasteiger partial charge is 0.122 e. The molecule has 25 heavy (non-hydrogen) atoms. The fourth-order valence-electron chi connectivity index (χ4n) is 3.51. The predicted molar refractivity (Wildman–Crippen MR) is 119 cm³/mol. The molecule has 3 rings (SSSR count). The maximum atomic E-state index is 2.65. The van der Waals surface area contributed by atoms with E-state index in [1.807, 2.05) is 0 Å². The molecule has 0 atom stereocenters. The Morgan fingerprint density at radius 3 is 2.00 bits per heavy atom. The van der Waals surface area contributed by atoms with Gasteiger partial charge in [0.1, 0.15) is 0 Å². The second kappa shape index (κ2) is 7.30. The van der Waals surface area contributed by atoms with Crippen molar-refractivity contribution in [2.45, 2.75) is 54.3 Å². The number of hydrogen-bond acceptors (Lipinski definition) is 1. The number of benzene rings is 2. The molecule has 2 aromatic carbocycles. The van der Waals surface area contributed by atoms with E-state index in [2.05, 4.69) is 110 Å². The minimum Gasteiger partial charge on any atom is -0.122 e. The zero-order chi connectivity index (χ0) is 18.0. The molecule has 0 heterocycles. The van der Waals surface area contributed by atoms with Crippen LogP contribution < -0.4 is 5.19 Å². The summed E-state index contributed by atoms with van der Waals surface area (Å²) < 4.78 is 0.517. The van der Waals surface area contributed by atoms with Crippen molar-refractivity contribution in [2.75, 3.05) is 0 Å². The van der Waals surface area contributed by atoms with Gasteiger partial charge in [0.15, 0.2) is 0 Å². The summed E-state index contributed by atoms with van der Waals surface area (Å²) in [5, 5.41) is 1.57. The van der Waals surface area contributed by atoms with Crippen molar-refractivity contribution in [3.63, 3.8) is 0 Å². The number of rotatable bonds is 7. The Bertz CT molecular complexity index is 716. The highest BCUT2D eigenvalue weighted by Gasteiger charge is 2.55. The lowest BCUT2D eigenvalue weighted by Crippen LogP contribution is -2.42. The fraction of sp³-hybridized carbons (Fsp3) is 0.364. The van der Waals surface area contributed by atoms with Crippen molar-refractivity contribution >= 4 is 33.1 Å². The summed E-state index contributed by atoms with van der Waals surface area (Å²) >= 11 is 2.14. The first kappa shape index (κ1) is 18.7. The number of thioether (sulfide) groups is 1. The third-order valence-corrected chi connectivity index (χ3v) is 15.9. The molecule has 0 unspecified atom stereocenters. The molecule has 0 amide bonds. The van der Waals surface area contributed by atoms with Gasteiger partial charge in [-0.25, -0.2) is 0 Å². The molecule has 0 saturated heterocycles. The first-order valence-corrected chi connectivity index (χ1v) is 16.4. The molecule has 0 N–H and O–H groups in total. The van der Waals surface area contributed by atoms with Gasteiger partial charge >= 0.3 is 0 Å². The van der Waals surface area contributed by atoms with Crippen LogP contribution in [0.15, 0.2) is 77.3 Å². The van der Waals surface area contributed by atoms with Crippen LogP contribution in [0.5, 0.6) is 0 Å². The SMILES string of the molecule is C[Si](C)(C/C=C/[Si](C)(C)C1(Sc2ccccc2)CC1)c1ccccc1. The van der Waals surface area contributed by atoms with E-state index in [-0.39, 0.29) is 0 Å². The van der Waals surface area contributed by atoms with Crippen LogP contribution in [0.25, 0.3) is 0 Å². The lowest BCUT2D eigenvalue weighted by molar-refractivity contribution is 1.25. The highest BCUT2D eigenvalue weighted by molar-refractivity contribution is 8.03. The van der Waals surface area contributed by atoms with E-state index in [1.165, 1.54) is 23.8 Å².